The van der Waals surface area contributed by atoms with Crippen molar-refractivity contribution in [3.8, 4) is 12.3 Å². The third-order valence-corrected chi connectivity index (χ3v) is 2.18. The summed E-state index contributed by atoms with van der Waals surface area (Å²) < 4.78 is 5.02. The molecule has 2 aromatic rings. The lowest BCUT2D eigenvalue weighted by molar-refractivity contribution is 1.58. The van der Waals surface area contributed by atoms with E-state index in [9.17, 15) is 0 Å². The molecule has 1 radical (unpaired) electrons. The second-order valence-electron chi connectivity index (χ2n) is 2.15. The first kappa shape index (κ1) is 6.38. The lowest BCUT2D eigenvalue weighted by Gasteiger charge is -1.87. The maximum Gasteiger partial charge on any atom is 0.112 e. The summed E-state index contributed by atoms with van der Waals surface area (Å²) in [7, 11) is 0. The van der Waals surface area contributed by atoms with Gasteiger partial charge in [0.2, 0.25) is 0 Å². The zero-order chi connectivity index (χ0) is 7.68. The molecule has 0 amide bonds. The molecule has 2 rings (SSSR count). The monoisotopic (exact) mass is 158 g/mol. The SMILES string of the molecule is C#Cc1ccc2[c]nsc2c1. The highest BCUT2D eigenvalue weighted by Gasteiger charge is 1.95. The molecule has 0 spiro atoms. The average Bonchev–Trinajstić information content (AvgIpc) is 2.50. The van der Waals surface area contributed by atoms with E-state index in [0.29, 0.717) is 0 Å². The van der Waals surface area contributed by atoms with Gasteiger partial charge >= 0.3 is 0 Å². The Morgan fingerprint density at radius 3 is 3.27 bits per heavy atom. The highest BCUT2D eigenvalue weighted by atomic mass is 32.1. The van der Waals surface area contributed by atoms with E-state index in [1.807, 2.05) is 18.2 Å². The molecule has 0 aliphatic carbocycles. The van der Waals surface area contributed by atoms with Crippen molar-refractivity contribution in [3.63, 3.8) is 0 Å². The van der Waals surface area contributed by atoms with Gasteiger partial charge in [0.05, 0.1) is 4.70 Å². The number of nitrogens with zero attached hydrogens (tertiary/aromatic N) is 1. The van der Waals surface area contributed by atoms with Gasteiger partial charge in [-0.1, -0.05) is 5.92 Å². The van der Waals surface area contributed by atoms with Crippen molar-refractivity contribution in [1.82, 2.24) is 4.37 Å². The number of fused-ring (bicyclic) bond motifs is 1. The third kappa shape index (κ3) is 0.997. The number of aromatic nitrogens is 1. The lowest BCUT2D eigenvalue weighted by atomic mass is 10.2. The minimum absolute atomic E-state index is 0.898. The second kappa shape index (κ2) is 2.37. The topological polar surface area (TPSA) is 12.9 Å². The van der Waals surface area contributed by atoms with E-state index in [0.717, 1.165) is 15.6 Å². The normalized spacial score (nSPS) is 9.73. The van der Waals surface area contributed by atoms with Crippen LogP contribution in [0, 0.1) is 18.5 Å². The highest BCUT2D eigenvalue weighted by Crippen LogP contribution is 2.17. The molecule has 1 aromatic heterocycles. The fourth-order valence-corrected chi connectivity index (χ4v) is 1.54. The van der Waals surface area contributed by atoms with Crippen molar-refractivity contribution in [2.45, 2.75) is 0 Å². The van der Waals surface area contributed by atoms with Gasteiger partial charge in [0.1, 0.15) is 6.20 Å². The zero-order valence-corrected chi connectivity index (χ0v) is 6.48. The van der Waals surface area contributed by atoms with Crippen LogP contribution in [-0.4, -0.2) is 4.37 Å². The van der Waals surface area contributed by atoms with Gasteiger partial charge in [-0.05, 0) is 29.7 Å². The van der Waals surface area contributed by atoms with Crippen LogP contribution in [0.1, 0.15) is 5.56 Å². The summed E-state index contributed by atoms with van der Waals surface area (Å²) in [6.45, 7) is 0. The van der Waals surface area contributed by atoms with Gasteiger partial charge in [-0.3, -0.25) is 0 Å². The van der Waals surface area contributed by atoms with Gasteiger partial charge in [0.15, 0.2) is 0 Å². The number of terminal acetylenes is 1. The molecule has 1 aromatic carbocycles. The largest absolute Gasteiger partial charge is 0.190 e. The highest BCUT2D eigenvalue weighted by molar-refractivity contribution is 7.13. The molecular weight excluding hydrogens is 154 g/mol. The molecule has 11 heavy (non-hydrogen) atoms. The molecular formula is C9H4NS. The number of rotatable bonds is 0. The van der Waals surface area contributed by atoms with Gasteiger partial charge in [-0.15, -0.1) is 6.42 Å². The van der Waals surface area contributed by atoms with Gasteiger partial charge in [0.25, 0.3) is 0 Å². The predicted octanol–water partition coefficient (Wildman–Crippen LogP) is 2.08. The minimum atomic E-state index is 0.898. The maximum absolute atomic E-state index is 5.23. The first-order chi connectivity index (χ1) is 5.40. The Balaban J connectivity index is 2.79. The van der Waals surface area contributed by atoms with Crippen LogP contribution in [0.25, 0.3) is 10.1 Å². The third-order valence-electron chi connectivity index (χ3n) is 1.46. The van der Waals surface area contributed by atoms with Gasteiger partial charge in [0, 0.05) is 10.9 Å². The summed E-state index contributed by atoms with van der Waals surface area (Å²) in [5, 5.41) is 1.04. The van der Waals surface area contributed by atoms with Crippen molar-refractivity contribution in [1.29, 1.82) is 0 Å². The molecule has 0 bridgehead atoms. The van der Waals surface area contributed by atoms with E-state index < -0.39 is 0 Å². The summed E-state index contributed by atoms with van der Waals surface area (Å²) in [5.74, 6) is 2.57. The molecule has 0 aliphatic rings. The molecule has 0 saturated carbocycles. The molecule has 0 N–H and O–H groups in total. The van der Waals surface area contributed by atoms with Crippen LogP contribution in [0.4, 0.5) is 0 Å². The molecule has 0 saturated heterocycles. The fraction of sp³-hybridized carbons (Fsp3) is 0. The molecule has 0 unspecified atom stereocenters. The molecule has 0 atom stereocenters. The Morgan fingerprint density at radius 2 is 2.45 bits per heavy atom. The Hall–Kier alpha value is -1.33. The van der Waals surface area contributed by atoms with Crippen LogP contribution in [0.2, 0.25) is 0 Å². The van der Waals surface area contributed by atoms with Crippen LogP contribution >= 0.6 is 11.5 Å². The van der Waals surface area contributed by atoms with E-state index in [4.69, 9.17) is 6.42 Å². The van der Waals surface area contributed by atoms with Crippen LogP contribution < -0.4 is 0 Å². The number of benzene rings is 1. The van der Waals surface area contributed by atoms with Crippen LogP contribution in [-0.2, 0) is 0 Å². The average molecular weight is 158 g/mol. The Morgan fingerprint density at radius 1 is 1.55 bits per heavy atom. The van der Waals surface area contributed by atoms with Gasteiger partial charge < -0.3 is 0 Å². The Bertz CT molecular complexity index is 422. The van der Waals surface area contributed by atoms with Crippen LogP contribution in [0.5, 0.6) is 0 Å². The molecule has 1 heterocycles. The van der Waals surface area contributed by atoms with Crippen LogP contribution in [0.15, 0.2) is 18.2 Å². The first-order valence-corrected chi connectivity index (χ1v) is 3.91. The molecule has 0 aliphatic heterocycles. The fourth-order valence-electron chi connectivity index (χ4n) is 0.901. The van der Waals surface area contributed by atoms with Gasteiger partial charge in [-0.2, -0.15) is 4.37 Å². The molecule has 2 heteroatoms. The summed E-state index contributed by atoms with van der Waals surface area (Å²) in [5.41, 5.74) is 0.898. The molecule has 51 valence electrons. The Labute approximate surface area is 68.8 Å². The second-order valence-corrected chi connectivity index (χ2v) is 2.95. The van der Waals surface area contributed by atoms with Crippen LogP contribution in [0.3, 0.4) is 0 Å². The molecule has 0 fully saturated rings. The summed E-state index contributed by atoms with van der Waals surface area (Å²) in [6.07, 6.45) is 8.10. The number of hydrogen-bond acceptors (Lipinski definition) is 2. The van der Waals surface area contributed by atoms with E-state index in [1.54, 1.807) is 0 Å². The first-order valence-electron chi connectivity index (χ1n) is 3.14. The van der Waals surface area contributed by atoms with E-state index in [2.05, 4.69) is 16.5 Å². The lowest BCUT2D eigenvalue weighted by Crippen LogP contribution is -1.69. The Kier molecular flexibility index (Phi) is 1.38. The smallest absolute Gasteiger partial charge is 0.112 e. The number of hydrogen-bond donors (Lipinski definition) is 0. The summed E-state index contributed by atoms with van der Waals surface area (Å²) >= 11 is 1.42. The van der Waals surface area contributed by atoms with Crippen molar-refractivity contribution in [3.05, 3.63) is 30.0 Å². The standard InChI is InChI=1S/C9H4NS/c1-2-7-3-4-8-6-10-11-9(8)5-7/h1,3-5H. The van der Waals surface area contributed by atoms with E-state index >= 15 is 0 Å². The molecule has 1 nitrogen and oxygen atoms in total. The quantitative estimate of drug-likeness (QED) is 0.535. The van der Waals surface area contributed by atoms with Crippen molar-refractivity contribution in [2.75, 3.05) is 0 Å². The van der Waals surface area contributed by atoms with Crippen molar-refractivity contribution < 1.29 is 0 Å². The van der Waals surface area contributed by atoms with E-state index in [1.165, 1.54) is 11.5 Å². The summed E-state index contributed by atoms with van der Waals surface area (Å²) in [6, 6.07) is 5.78. The van der Waals surface area contributed by atoms with Crippen molar-refractivity contribution >= 4 is 21.6 Å². The van der Waals surface area contributed by atoms with E-state index in [-0.39, 0.29) is 0 Å². The minimum Gasteiger partial charge on any atom is -0.190 e. The van der Waals surface area contributed by atoms with Crippen molar-refractivity contribution in [2.24, 2.45) is 0 Å². The predicted molar refractivity (Wildman–Crippen MR) is 46.4 cm³/mol. The summed E-state index contributed by atoms with van der Waals surface area (Å²) in [4.78, 5) is 0. The maximum atomic E-state index is 5.23. The van der Waals surface area contributed by atoms with Gasteiger partial charge in [-0.25, -0.2) is 0 Å². The zero-order valence-electron chi connectivity index (χ0n) is 5.66.